The van der Waals surface area contributed by atoms with E-state index < -0.39 is 12.0 Å². The molecule has 1 aromatic carbocycles. The fraction of sp³-hybridized carbons (Fsp3) is 0.467. The van der Waals surface area contributed by atoms with Gasteiger partial charge >= 0.3 is 5.97 Å². The van der Waals surface area contributed by atoms with E-state index in [0.29, 0.717) is 19.4 Å². The summed E-state index contributed by atoms with van der Waals surface area (Å²) in [4.78, 5) is 21.9. The summed E-state index contributed by atoms with van der Waals surface area (Å²) in [5.74, 6) is -0.678. The molecule has 0 radical (unpaired) electrons. The van der Waals surface area contributed by atoms with Gasteiger partial charge in [-0.3, -0.25) is 4.79 Å². The van der Waals surface area contributed by atoms with Gasteiger partial charge in [0.25, 0.3) is 0 Å². The Labute approximate surface area is 113 Å². The number of nitrogens with one attached hydrogen (secondary N) is 1. The molecule has 2 N–H and O–H groups in total. The van der Waals surface area contributed by atoms with Gasteiger partial charge in [-0.05, 0) is 25.3 Å². The fourth-order valence-corrected chi connectivity index (χ4v) is 1.87. The van der Waals surface area contributed by atoms with Gasteiger partial charge in [-0.15, -0.1) is 0 Å². The molecule has 1 atom stereocenters. The third-order valence-corrected chi connectivity index (χ3v) is 2.97. The summed E-state index contributed by atoms with van der Waals surface area (Å²) in [7, 11) is 0. The lowest BCUT2D eigenvalue weighted by molar-refractivity contribution is -0.139. The second-order valence-corrected chi connectivity index (χ2v) is 4.71. The lowest BCUT2D eigenvalue weighted by Crippen LogP contribution is -2.36. The van der Waals surface area contributed by atoms with Crippen molar-refractivity contribution in [1.82, 2.24) is 5.32 Å². The Morgan fingerprint density at radius 3 is 2.47 bits per heavy atom. The average molecular weight is 263 g/mol. The van der Waals surface area contributed by atoms with Gasteiger partial charge in [0.2, 0.25) is 0 Å². The summed E-state index contributed by atoms with van der Waals surface area (Å²) in [6.45, 7) is 2.10. The topological polar surface area (TPSA) is 66.4 Å². The van der Waals surface area contributed by atoms with Gasteiger partial charge in [-0.25, -0.2) is 0 Å². The van der Waals surface area contributed by atoms with Crippen LogP contribution < -0.4 is 5.32 Å². The zero-order chi connectivity index (χ0) is 14.1. The molecule has 104 valence electrons. The van der Waals surface area contributed by atoms with Crippen LogP contribution in [0.25, 0.3) is 0 Å². The quantitative estimate of drug-likeness (QED) is 0.671. The molecule has 0 bridgehead atoms. The molecule has 0 heterocycles. The molecule has 4 nitrogen and oxygen atoms in total. The van der Waals surface area contributed by atoms with Crippen molar-refractivity contribution in [3.8, 4) is 0 Å². The SMILES string of the molecule is CC(=O)CCCC[C@H](NCc1ccccc1)C(=O)O. The number of carboxylic acids is 1. The molecule has 19 heavy (non-hydrogen) atoms. The second-order valence-electron chi connectivity index (χ2n) is 4.71. The predicted molar refractivity (Wildman–Crippen MR) is 73.9 cm³/mol. The van der Waals surface area contributed by atoms with E-state index in [1.54, 1.807) is 6.92 Å². The van der Waals surface area contributed by atoms with E-state index in [1.807, 2.05) is 30.3 Å². The third kappa shape index (κ3) is 6.72. The van der Waals surface area contributed by atoms with Crippen molar-refractivity contribution in [3.05, 3.63) is 35.9 Å². The summed E-state index contributed by atoms with van der Waals surface area (Å²) < 4.78 is 0. The van der Waals surface area contributed by atoms with Crippen molar-refractivity contribution in [2.75, 3.05) is 0 Å². The van der Waals surface area contributed by atoms with Gasteiger partial charge in [0.1, 0.15) is 11.8 Å². The molecule has 0 spiro atoms. The first-order valence-corrected chi connectivity index (χ1v) is 6.59. The van der Waals surface area contributed by atoms with Crippen LogP contribution in [0.1, 0.15) is 38.2 Å². The smallest absolute Gasteiger partial charge is 0.320 e. The number of carbonyl (C=O) groups is 2. The van der Waals surface area contributed by atoms with Crippen LogP contribution in [0.15, 0.2) is 30.3 Å². The minimum absolute atomic E-state index is 0.157. The minimum Gasteiger partial charge on any atom is -0.480 e. The van der Waals surface area contributed by atoms with Gasteiger partial charge < -0.3 is 15.2 Å². The number of rotatable bonds is 9. The Morgan fingerprint density at radius 1 is 1.21 bits per heavy atom. The molecular formula is C15H21NO3. The summed E-state index contributed by atoms with van der Waals surface area (Å²) in [5, 5.41) is 12.2. The van der Waals surface area contributed by atoms with E-state index in [1.165, 1.54) is 0 Å². The highest BCUT2D eigenvalue weighted by molar-refractivity contribution is 5.75. The van der Waals surface area contributed by atoms with Crippen molar-refractivity contribution in [2.24, 2.45) is 0 Å². The van der Waals surface area contributed by atoms with Gasteiger partial charge in [-0.1, -0.05) is 36.8 Å². The number of hydrogen-bond donors (Lipinski definition) is 2. The largest absolute Gasteiger partial charge is 0.480 e. The Morgan fingerprint density at radius 2 is 1.89 bits per heavy atom. The van der Waals surface area contributed by atoms with Crippen LogP contribution in [0.2, 0.25) is 0 Å². The summed E-state index contributed by atoms with van der Waals surface area (Å²) in [5.41, 5.74) is 1.07. The van der Waals surface area contributed by atoms with Gasteiger partial charge in [0.15, 0.2) is 0 Å². The number of benzene rings is 1. The number of Topliss-reactive ketones (excluding diaryl/α,β-unsaturated/α-hetero) is 1. The molecule has 0 aliphatic carbocycles. The summed E-state index contributed by atoms with van der Waals surface area (Å²) in [6, 6.07) is 9.16. The molecular weight excluding hydrogens is 242 g/mol. The number of carboxylic acid groups (broad SMARTS) is 1. The van der Waals surface area contributed by atoms with E-state index >= 15 is 0 Å². The van der Waals surface area contributed by atoms with Gasteiger partial charge in [0.05, 0.1) is 0 Å². The van der Waals surface area contributed by atoms with Crippen molar-refractivity contribution in [2.45, 2.75) is 45.2 Å². The van der Waals surface area contributed by atoms with Crippen LogP contribution in [0.3, 0.4) is 0 Å². The van der Waals surface area contributed by atoms with E-state index in [2.05, 4.69) is 5.32 Å². The van der Waals surface area contributed by atoms with Crippen LogP contribution in [-0.2, 0) is 16.1 Å². The molecule has 0 fully saturated rings. The van der Waals surface area contributed by atoms with E-state index in [4.69, 9.17) is 5.11 Å². The number of hydrogen-bond acceptors (Lipinski definition) is 3. The highest BCUT2D eigenvalue weighted by atomic mass is 16.4. The monoisotopic (exact) mass is 263 g/mol. The van der Waals surface area contributed by atoms with Crippen LogP contribution in [0.5, 0.6) is 0 Å². The average Bonchev–Trinajstić information content (AvgIpc) is 2.38. The van der Waals surface area contributed by atoms with Crippen LogP contribution in [0.4, 0.5) is 0 Å². The Balaban J connectivity index is 2.32. The zero-order valence-electron chi connectivity index (χ0n) is 11.3. The van der Waals surface area contributed by atoms with Crippen molar-refractivity contribution in [1.29, 1.82) is 0 Å². The van der Waals surface area contributed by atoms with Crippen LogP contribution in [-0.4, -0.2) is 22.9 Å². The van der Waals surface area contributed by atoms with Crippen LogP contribution in [0, 0.1) is 0 Å². The second kappa shape index (κ2) is 8.43. The molecule has 0 saturated heterocycles. The van der Waals surface area contributed by atoms with E-state index in [9.17, 15) is 9.59 Å². The van der Waals surface area contributed by atoms with Crippen molar-refractivity contribution >= 4 is 11.8 Å². The highest BCUT2D eigenvalue weighted by Gasteiger charge is 2.15. The number of ketones is 1. The first-order valence-electron chi connectivity index (χ1n) is 6.59. The Hall–Kier alpha value is -1.68. The maximum Gasteiger partial charge on any atom is 0.320 e. The predicted octanol–water partition coefficient (Wildman–Crippen LogP) is 2.38. The molecule has 0 saturated carbocycles. The van der Waals surface area contributed by atoms with E-state index in [-0.39, 0.29) is 5.78 Å². The fourth-order valence-electron chi connectivity index (χ4n) is 1.87. The molecule has 0 aliphatic rings. The highest BCUT2D eigenvalue weighted by Crippen LogP contribution is 2.06. The first kappa shape index (κ1) is 15.4. The van der Waals surface area contributed by atoms with Crippen molar-refractivity contribution < 1.29 is 14.7 Å². The normalized spacial score (nSPS) is 12.1. The molecule has 0 unspecified atom stereocenters. The lowest BCUT2D eigenvalue weighted by atomic mass is 10.1. The van der Waals surface area contributed by atoms with Gasteiger partial charge in [0, 0.05) is 13.0 Å². The standard InChI is InChI=1S/C15H21NO3/c1-12(17)7-5-6-10-14(15(18)19)16-11-13-8-3-2-4-9-13/h2-4,8-9,14,16H,5-7,10-11H2,1H3,(H,18,19)/t14-/m0/s1. The zero-order valence-corrected chi connectivity index (χ0v) is 11.3. The number of aliphatic carboxylic acids is 1. The molecule has 0 aliphatic heterocycles. The van der Waals surface area contributed by atoms with Crippen LogP contribution >= 0.6 is 0 Å². The molecule has 0 amide bonds. The van der Waals surface area contributed by atoms with Gasteiger partial charge in [-0.2, -0.15) is 0 Å². The number of unbranched alkanes of at least 4 members (excludes halogenated alkanes) is 1. The van der Waals surface area contributed by atoms with Crippen molar-refractivity contribution in [3.63, 3.8) is 0 Å². The Kier molecular flexibility index (Phi) is 6.82. The number of carbonyl (C=O) groups excluding carboxylic acids is 1. The molecule has 0 aromatic heterocycles. The lowest BCUT2D eigenvalue weighted by Gasteiger charge is -2.14. The maximum atomic E-state index is 11.1. The maximum absolute atomic E-state index is 11.1. The third-order valence-electron chi connectivity index (χ3n) is 2.97. The molecule has 1 rings (SSSR count). The first-order chi connectivity index (χ1) is 9.09. The molecule has 1 aromatic rings. The Bertz CT molecular complexity index is 403. The summed E-state index contributed by atoms with van der Waals surface area (Å²) in [6.07, 6.45) is 2.59. The van der Waals surface area contributed by atoms with E-state index in [0.717, 1.165) is 18.4 Å². The minimum atomic E-state index is -0.834. The molecule has 4 heteroatoms. The summed E-state index contributed by atoms with van der Waals surface area (Å²) >= 11 is 0.